The van der Waals surface area contributed by atoms with Gasteiger partial charge < -0.3 is 9.64 Å². The lowest BCUT2D eigenvalue weighted by molar-refractivity contribution is 0.0515. The molecule has 3 heterocycles. The Labute approximate surface area is 183 Å². The van der Waals surface area contributed by atoms with Crippen LogP contribution in [0.15, 0.2) is 35.2 Å². The van der Waals surface area contributed by atoms with E-state index in [2.05, 4.69) is 9.97 Å². The zero-order valence-corrected chi connectivity index (χ0v) is 18.8. The molecule has 0 radical (unpaired) electrons. The number of aromatic nitrogens is 2. The molecule has 1 atom stereocenters. The second kappa shape index (κ2) is 8.92. The first kappa shape index (κ1) is 21.7. The van der Waals surface area contributed by atoms with Crippen molar-refractivity contribution in [3.63, 3.8) is 0 Å². The number of likely N-dealkylation sites (tertiary alicyclic amines) is 1. The number of amides is 1. The summed E-state index contributed by atoms with van der Waals surface area (Å²) in [5.41, 5.74) is 2.16. The standard InChI is InChI=1S/C22H28N4O4S/c1-16-14-17(2)24-22(23-16)30-19-6-5-11-25(15-19)21(27)18-7-9-20(10-8-18)31(28,29)26-12-3-4-13-26/h7-10,14,19H,3-6,11-13,15H2,1-2H3/t19-/m0/s1. The van der Waals surface area contributed by atoms with E-state index in [1.807, 2.05) is 19.9 Å². The Morgan fingerprint density at radius 1 is 1.00 bits per heavy atom. The quantitative estimate of drug-likeness (QED) is 0.704. The van der Waals surface area contributed by atoms with Gasteiger partial charge in [-0.15, -0.1) is 0 Å². The predicted molar refractivity (Wildman–Crippen MR) is 115 cm³/mol. The molecular formula is C22H28N4O4S. The Kier molecular flexibility index (Phi) is 6.24. The number of aryl methyl sites for hydroxylation is 2. The number of nitrogens with zero attached hydrogens (tertiary/aromatic N) is 4. The summed E-state index contributed by atoms with van der Waals surface area (Å²) in [7, 11) is -3.48. The maximum atomic E-state index is 13.0. The van der Waals surface area contributed by atoms with Gasteiger partial charge in [-0.1, -0.05) is 0 Å². The number of hydrogen-bond acceptors (Lipinski definition) is 6. The Balaban J connectivity index is 1.42. The van der Waals surface area contributed by atoms with E-state index in [1.165, 1.54) is 16.4 Å². The number of carbonyl (C=O) groups excluding carboxylic acids is 1. The topological polar surface area (TPSA) is 92.7 Å². The molecule has 0 saturated carbocycles. The van der Waals surface area contributed by atoms with E-state index in [0.29, 0.717) is 37.8 Å². The molecule has 166 valence electrons. The van der Waals surface area contributed by atoms with Crippen LogP contribution in [0, 0.1) is 13.8 Å². The van der Waals surface area contributed by atoms with Crippen molar-refractivity contribution in [2.45, 2.75) is 50.5 Å². The first-order chi connectivity index (χ1) is 14.8. The maximum Gasteiger partial charge on any atom is 0.317 e. The van der Waals surface area contributed by atoms with Crippen molar-refractivity contribution >= 4 is 15.9 Å². The predicted octanol–water partition coefficient (Wildman–Crippen LogP) is 2.56. The van der Waals surface area contributed by atoms with E-state index >= 15 is 0 Å². The first-order valence-electron chi connectivity index (χ1n) is 10.7. The van der Waals surface area contributed by atoms with E-state index in [-0.39, 0.29) is 16.9 Å². The van der Waals surface area contributed by atoms with Crippen LogP contribution in [0.3, 0.4) is 0 Å². The molecule has 1 aromatic heterocycles. The normalized spacial score (nSPS) is 20.1. The minimum absolute atomic E-state index is 0.125. The molecular weight excluding hydrogens is 416 g/mol. The SMILES string of the molecule is Cc1cc(C)nc(O[C@H]2CCCN(C(=O)c3ccc(S(=O)(=O)N4CCCC4)cc3)C2)n1. The molecule has 0 bridgehead atoms. The third kappa shape index (κ3) is 4.88. The second-order valence-corrected chi connectivity index (χ2v) is 10.1. The third-order valence-corrected chi connectivity index (χ3v) is 7.62. The van der Waals surface area contributed by atoms with Crippen LogP contribution in [0.4, 0.5) is 0 Å². The maximum absolute atomic E-state index is 13.0. The molecule has 2 aliphatic rings. The van der Waals surface area contributed by atoms with Crippen LogP contribution >= 0.6 is 0 Å². The Hall–Kier alpha value is -2.52. The highest BCUT2D eigenvalue weighted by atomic mass is 32.2. The van der Waals surface area contributed by atoms with Crippen molar-refractivity contribution in [1.29, 1.82) is 0 Å². The third-order valence-electron chi connectivity index (χ3n) is 5.70. The van der Waals surface area contributed by atoms with Gasteiger partial charge in [0.1, 0.15) is 6.10 Å². The largest absolute Gasteiger partial charge is 0.458 e. The number of rotatable bonds is 5. The molecule has 8 nitrogen and oxygen atoms in total. The number of hydrogen-bond donors (Lipinski definition) is 0. The van der Waals surface area contributed by atoms with E-state index < -0.39 is 10.0 Å². The van der Waals surface area contributed by atoms with Gasteiger partial charge in [-0.05, 0) is 69.9 Å². The number of ether oxygens (including phenoxy) is 1. The molecule has 0 N–H and O–H groups in total. The summed E-state index contributed by atoms with van der Waals surface area (Å²) in [6.45, 7) is 5.99. The van der Waals surface area contributed by atoms with Crippen molar-refractivity contribution in [3.8, 4) is 6.01 Å². The minimum Gasteiger partial charge on any atom is -0.458 e. The van der Waals surface area contributed by atoms with Gasteiger partial charge in [0.15, 0.2) is 0 Å². The monoisotopic (exact) mass is 444 g/mol. The summed E-state index contributed by atoms with van der Waals surface area (Å²) in [6, 6.07) is 8.49. The van der Waals surface area contributed by atoms with Crippen LogP contribution in [0.25, 0.3) is 0 Å². The molecule has 0 aliphatic carbocycles. The van der Waals surface area contributed by atoms with E-state index in [9.17, 15) is 13.2 Å². The highest BCUT2D eigenvalue weighted by Crippen LogP contribution is 2.23. The molecule has 9 heteroatoms. The fourth-order valence-corrected chi connectivity index (χ4v) is 5.66. The van der Waals surface area contributed by atoms with Gasteiger partial charge in [-0.2, -0.15) is 4.31 Å². The smallest absolute Gasteiger partial charge is 0.317 e. The number of benzene rings is 1. The summed E-state index contributed by atoms with van der Waals surface area (Å²) >= 11 is 0. The van der Waals surface area contributed by atoms with Crippen molar-refractivity contribution in [2.24, 2.45) is 0 Å². The average molecular weight is 445 g/mol. The Morgan fingerprint density at radius 2 is 1.65 bits per heavy atom. The zero-order chi connectivity index (χ0) is 22.0. The molecule has 1 amide bonds. The summed E-state index contributed by atoms with van der Waals surface area (Å²) in [5, 5.41) is 0. The molecule has 0 unspecified atom stereocenters. The highest BCUT2D eigenvalue weighted by molar-refractivity contribution is 7.89. The molecule has 1 aromatic carbocycles. The average Bonchev–Trinajstić information content (AvgIpc) is 3.29. The summed E-state index contributed by atoms with van der Waals surface area (Å²) < 4.78 is 32.8. The van der Waals surface area contributed by atoms with Crippen LogP contribution in [0.1, 0.15) is 47.4 Å². The van der Waals surface area contributed by atoms with Crippen LogP contribution in [-0.2, 0) is 10.0 Å². The summed E-state index contributed by atoms with van der Waals surface area (Å²) in [4.78, 5) is 23.6. The van der Waals surface area contributed by atoms with Gasteiger partial charge in [-0.25, -0.2) is 18.4 Å². The number of carbonyl (C=O) groups is 1. The molecule has 4 rings (SSSR count). The summed E-state index contributed by atoms with van der Waals surface area (Å²) in [5.74, 6) is -0.125. The molecule has 2 aliphatic heterocycles. The van der Waals surface area contributed by atoms with Crippen molar-refractivity contribution in [2.75, 3.05) is 26.2 Å². The fourth-order valence-electron chi connectivity index (χ4n) is 4.14. The van der Waals surface area contributed by atoms with Crippen molar-refractivity contribution in [3.05, 3.63) is 47.3 Å². The minimum atomic E-state index is -3.48. The van der Waals surface area contributed by atoms with Gasteiger partial charge in [0.25, 0.3) is 5.91 Å². The molecule has 0 spiro atoms. The van der Waals surface area contributed by atoms with Crippen LogP contribution in [0.2, 0.25) is 0 Å². The molecule has 2 aromatic rings. The van der Waals surface area contributed by atoms with Gasteiger partial charge in [0.2, 0.25) is 10.0 Å². The van der Waals surface area contributed by atoms with Crippen LogP contribution in [-0.4, -0.2) is 65.8 Å². The van der Waals surface area contributed by atoms with Crippen LogP contribution in [0.5, 0.6) is 6.01 Å². The fraction of sp³-hybridized carbons (Fsp3) is 0.500. The van der Waals surface area contributed by atoms with E-state index in [1.54, 1.807) is 17.0 Å². The number of sulfonamides is 1. The lowest BCUT2D eigenvalue weighted by atomic mass is 10.1. The molecule has 2 saturated heterocycles. The number of piperidine rings is 1. The second-order valence-electron chi connectivity index (χ2n) is 8.20. The molecule has 31 heavy (non-hydrogen) atoms. The van der Waals surface area contributed by atoms with Gasteiger partial charge in [0, 0.05) is 36.6 Å². The van der Waals surface area contributed by atoms with Gasteiger partial charge in [-0.3, -0.25) is 4.79 Å². The lowest BCUT2D eigenvalue weighted by Crippen LogP contribution is -2.44. The molecule has 2 fully saturated rings. The Morgan fingerprint density at radius 3 is 2.29 bits per heavy atom. The van der Waals surface area contributed by atoms with E-state index in [4.69, 9.17) is 4.74 Å². The van der Waals surface area contributed by atoms with Crippen molar-refractivity contribution < 1.29 is 17.9 Å². The lowest BCUT2D eigenvalue weighted by Gasteiger charge is -2.32. The van der Waals surface area contributed by atoms with Gasteiger partial charge >= 0.3 is 6.01 Å². The van der Waals surface area contributed by atoms with E-state index in [0.717, 1.165) is 37.1 Å². The van der Waals surface area contributed by atoms with Crippen molar-refractivity contribution in [1.82, 2.24) is 19.2 Å². The Bertz CT molecular complexity index is 1030. The summed E-state index contributed by atoms with van der Waals surface area (Å²) in [6.07, 6.45) is 3.26. The zero-order valence-electron chi connectivity index (χ0n) is 18.0. The highest BCUT2D eigenvalue weighted by Gasteiger charge is 2.29. The van der Waals surface area contributed by atoms with Gasteiger partial charge in [0.05, 0.1) is 11.4 Å². The van der Waals surface area contributed by atoms with Crippen LogP contribution < -0.4 is 4.74 Å². The first-order valence-corrected chi connectivity index (χ1v) is 12.2.